The summed E-state index contributed by atoms with van der Waals surface area (Å²) in [5.41, 5.74) is 0. The summed E-state index contributed by atoms with van der Waals surface area (Å²) in [6.45, 7) is 9.29. The van der Waals surface area contributed by atoms with Gasteiger partial charge < -0.3 is 0 Å². The van der Waals surface area contributed by atoms with Crippen LogP contribution in [0.25, 0.3) is 0 Å². The van der Waals surface area contributed by atoms with Gasteiger partial charge in [-0.25, -0.2) is 0 Å². The van der Waals surface area contributed by atoms with E-state index in [-0.39, 0.29) is 0 Å². The van der Waals surface area contributed by atoms with E-state index in [1.54, 1.807) is 3.78 Å². The Kier molecular flexibility index (Phi) is 9.31. The summed E-state index contributed by atoms with van der Waals surface area (Å²) >= 11 is -2.23. The fourth-order valence-corrected chi connectivity index (χ4v) is 19.4. The Morgan fingerprint density at radius 3 is 1.90 bits per heavy atom. The van der Waals surface area contributed by atoms with E-state index in [4.69, 9.17) is 4.74 Å². The quantitative estimate of drug-likeness (QED) is 0.391. The third kappa shape index (κ3) is 5.61. The van der Waals surface area contributed by atoms with Crippen molar-refractivity contribution in [2.75, 3.05) is 0 Å². The van der Waals surface area contributed by atoms with Gasteiger partial charge in [0.2, 0.25) is 0 Å². The molecule has 0 fully saturated rings. The molecule has 118 valence electrons. The summed E-state index contributed by atoms with van der Waals surface area (Å²) in [6.07, 6.45) is 13.8. The average molecular weight is 387 g/mol. The van der Waals surface area contributed by atoms with Crippen LogP contribution in [0.4, 0.5) is 0 Å². The average Bonchev–Trinajstić information content (AvgIpc) is 2.47. The molecule has 2 heteroatoms. The predicted molar refractivity (Wildman–Crippen MR) is 92.8 cm³/mol. The Balaban J connectivity index is 2.89. The van der Waals surface area contributed by atoms with Crippen molar-refractivity contribution in [2.45, 2.75) is 98.5 Å². The van der Waals surface area contributed by atoms with Crippen molar-refractivity contribution >= 4 is 18.4 Å². The third-order valence-corrected chi connectivity index (χ3v) is 19.9. The zero-order chi connectivity index (χ0) is 14.8. The summed E-state index contributed by atoms with van der Waals surface area (Å²) in [7, 11) is 0. The van der Waals surface area contributed by atoms with Gasteiger partial charge in [-0.1, -0.05) is 0 Å². The first-order valence-electron chi connectivity index (χ1n) is 9.05. The van der Waals surface area contributed by atoms with Crippen LogP contribution >= 0.6 is 0 Å². The van der Waals surface area contributed by atoms with E-state index >= 15 is 0 Å². The van der Waals surface area contributed by atoms with Crippen LogP contribution in [0.2, 0.25) is 13.3 Å². The Morgan fingerprint density at radius 2 is 1.50 bits per heavy atom. The van der Waals surface area contributed by atoms with Crippen LogP contribution in [-0.4, -0.2) is 24.5 Å². The fourth-order valence-electron chi connectivity index (χ4n) is 3.40. The third-order valence-electron chi connectivity index (χ3n) is 4.78. The molecular formula is C18H36OSn. The molecule has 0 radical (unpaired) electrons. The van der Waals surface area contributed by atoms with Gasteiger partial charge in [0.05, 0.1) is 0 Å². The zero-order valence-electron chi connectivity index (χ0n) is 14.3. The van der Waals surface area contributed by atoms with Gasteiger partial charge in [-0.2, -0.15) is 0 Å². The monoisotopic (exact) mass is 388 g/mol. The normalized spacial score (nSPS) is 19.6. The second-order valence-corrected chi connectivity index (χ2v) is 19.7. The zero-order valence-corrected chi connectivity index (χ0v) is 17.2. The van der Waals surface area contributed by atoms with Crippen LogP contribution in [0.1, 0.15) is 79.1 Å². The maximum absolute atomic E-state index is 6.40. The second kappa shape index (κ2) is 10.1. The molecule has 1 rings (SSSR count). The molecule has 1 nitrogen and oxygen atoms in total. The van der Waals surface area contributed by atoms with Crippen molar-refractivity contribution < 1.29 is 4.74 Å². The van der Waals surface area contributed by atoms with Crippen molar-refractivity contribution in [1.82, 2.24) is 0 Å². The molecule has 0 N–H and O–H groups in total. The first-order chi connectivity index (χ1) is 9.68. The molecule has 0 aromatic carbocycles. The molecule has 1 aliphatic heterocycles. The summed E-state index contributed by atoms with van der Waals surface area (Å²) < 4.78 is 12.6. The van der Waals surface area contributed by atoms with Crippen LogP contribution in [0.15, 0.2) is 9.85 Å². The topological polar surface area (TPSA) is 9.23 Å². The molecule has 0 saturated carbocycles. The van der Waals surface area contributed by atoms with Gasteiger partial charge in [0.15, 0.2) is 0 Å². The van der Waals surface area contributed by atoms with Crippen molar-refractivity contribution in [1.29, 1.82) is 0 Å². The molecule has 0 unspecified atom stereocenters. The van der Waals surface area contributed by atoms with Crippen molar-refractivity contribution in [3.8, 4) is 0 Å². The number of hydrogen-bond donors (Lipinski definition) is 0. The molecule has 0 amide bonds. The predicted octanol–water partition coefficient (Wildman–Crippen LogP) is 6.46. The summed E-state index contributed by atoms with van der Waals surface area (Å²) in [5, 5.41) is 0. The first-order valence-corrected chi connectivity index (χ1v) is 16.5. The van der Waals surface area contributed by atoms with Gasteiger partial charge in [0.1, 0.15) is 0 Å². The van der Waals surface area contributed by atoms with Gasteiger partial charge in [-0.05, 0) is 0 Å². The summed E-state index contributed by atoms with van der Waals surface area (Å²) in [6, 6.07) is 0. The van der Waals surface area contributed by atoms with Gasteiger partial charge in [0.25, 0.3) is 0 Å². The maximum atomic E-state index is 6.40. The number of unbranched alkanes of at least 4 members (excludes halogenated alkanes) is 3. The van der Waals surface area contributed by atoms with Gasteiger partial charge in [-0.3, -0.25) is 0 Å². The Labute approximate surface area is 131 Å². The SMILES string of the molecule is CCC[CH2][Sn]([CH2]CCC)([CH2]CCC)[C]1=CCC[C@@H](C)O1. The van der Waals surface area contributed by atoms with Gasteiger partial charge in [-0.15, -0.1) is 0 Å². The first kappa shape index (κ1) is 18.4. The molecule has 1 aliphatic rings. The van der Waals surface area contributed by atoms with E-state index in [0.717, 1.165) is 0 Å². The number of ether oxygens (including phenoxy) is 1. The van der Waals surface area contributed by atoms with E-state index in [1.807, 2.05) is 0 Å². The second-order valence-electron chi connectivity index (χ2n) is 6.67. The molecular weight excluding hydrogens is 351 g/mol. The van der Waals surface area contributed by atoms with Crippen molar-refractivity contribution in [3.05, 3.63) is 9.85 Å². The van der Waals surface area contributed by atoms with Crippen LogP contribution < -0.4 is 0 Å². The fraction of sp³-hybridized carbons (Fsp3) is 0.889. The minimum absolute atomic E-state index is 0.468. The Hall–Kier alpha value is 0.339. The van der Waals surface area contributed by atoms with E-state index in [1.165, 1.54) is 64.7 Å². The summed E-state index contributed by atoms with van der Waals surface area (Å²) in [4.78, 5) is 0. The molecule has 1 heterocycles. The molecule has 0 spiro atoms. The van der Waals surface area contributed by atoms with Crippen LogP contribution in [0, 0.1) is 0 Å². The van der Waals surface area contributed by atoms with Gasteiger partial charge >= 0.3 is 131 Å². The Bertz CT molecular complexity index is 263. The molecule has 0 bridgehead atoms. The molecule has 0 aromatic rings. The standard InChI is InChI=1S/C6H9O.3C4H9.Sn/c1-6-4-2-3-5-7-6;3*1-3-4-2;/h3,6H,2,4H2,1H3;3*1,3-4H2,2H3;/t6-;;;;/m1..../s1. The number of rotatable bonds is 10. The van der Waals surface area contributed by atoms with E-state index in [9.17, 15) is 0 Å². The Morgan fingerprint density at radius 1 is 1.00 bits per heavy atom. The van der Waals surface area contributed by atoms with Crippen LogP contribution in [0.3, 0.4) is 0 Å². The van der Waals surface area contributed by atoms with Crippen LogP contribution in [-0.2, 0) is 4.74 Å². The van der Waals surface area contributed by atoms with Crippen molar-refractivity contribution in [2.24, 2.45) is 0 Å². The molecule has 0 saturated heterocycles. The molecule has 1 atom stereocenters. The molecule has 0 aliphatic carbocycles. The van der Waals surface area contributed by atoms with Gasteiger partial charge in [0, 0.05) is 0 Å². The molecule has 0 aromatic heterocycles. The van der Waals surface area contributed by atoms with Crippen molar-refractivity contribution in [3.63, 3.8) is 0 Å². The number of allylic oxidation sites excluding steroid dienone is 1. The van der Waals surface area contributed by atoms with E-state index in [0.29, 0.717) is 6.10 Å². The van der Waals surface area contributed by atoms with E-state index in [2.05, 4.69) is 33.8 Å². The number of hydrogen-bond acceptors (Lipinski definition) is 1. The minimum atomic E-state index is -2.23. The van der Waals surface area contributed by atoms with Crippen LogP contribution in [0.5, 0.6) is 0 Å². The summed E-state index contributed by atoms with van der Waals surface area (Å²) in [5.74, 6) is 0. The molecule has 20 heavy (non-hydrogen) atoms. The van der Waals surface area contributed by atoms with E-state index < -0.39 is 18.4 Å².